The lowest BCUT2D eigenvalue weighted by atomic mass is 10.1. The molecule has 1 atom stereocenters. The summed E-state index contributed by atoms with van der Waals surface area (Å²) in [6.45, 7) is 6.79. The first kappa shape index (κ1) is 14.7. The Labute approximate surface area is 119 Å². The summed E-state index contributed by atoms with van der Waals surface area (Å²) in [7, 11) is 0. The van der Waals surface area contributed by atoms with E-state index < -0.39 is 0 Å². The van der Waals surface area contributed by atoms with Gasteiger partial charge in [-0.25, -0.2) is 4.98 Å². The van der Waals surface area contributed by atoms with Gasteiger partial charge in [-0.15, -0.1) is 0 Å². The molecule has 1 aromatic heterocycles. The van der Waals surface area contributed by atoms with Gasteiger partial charge in [-0.1, -0.05) is 0 Å². The lowest BCUT2D eigenvalue weighted by molar-refractivity contribution is 0.00702. The fourth-order valence-electron chi connectivity index (χ4n) is 2.39. The van der Waals surface area contributed by atoms with Crippen LogP contribution in [0.2, 0.25) is 0 Å². The van der Waals surface area contributed by atoms with E-state index in [4.69, 9.17) is 4.74 Å². The normalized spacial score (nSPS) is 18.9. The summed E-state index contributed by atoms with van der Waals surface area (Å²) in [5, 5.41) is 3.07. The Bertz CT molecular complexity index is 451. The molecule has 2 heterocycles. The van der Waals surface area contributed by atoms with Crippen LogP contribution in [-0.2, 0) is 4.74 Å². The zero-order chi connectivity index (χ0) is 14.4. The Kier molecular flexibility index (Phi) is 5.29. The van der Waals surface area contributed by atoms with Crippen LogP contribution in [0.4, 0.5) is 5.82 Å². The predicted octanol–water partition coefficient (Wildman–Crippen LogP) is 1.55. The van der Waals surface area contributed by atoms with Crippen molar-refractivity contribution in [1.82, 2.24) is 14.9 Å². The minimum atomic E-state index is -0.0679. The Balaban J connectivity index is 2.04. The number of hydrogen-bond acceptors (Lipinski definition) is 5. The molecule has 0 saturated carbocycles. The van der Waals surface area contributed by atoms with E-state index in [1.807, 2.05) is 18.7 Å². The van der Waals surface area contributed by atoms with Crippen LogP contribution in [0.15, 0.2) is 12.4 Å². The van der Waals surface area contributed by atoms with Gasteiger partial charge in [0.1, 0.15) is 11.5 Å². The maximum atomic E-state index is 12.4. The van der Waals surface area contributed by atoms with Gasteiger partial charge in [-0.05, 0) is 26.7 Å². The maximum absolute atomic E-state index is 12.4. The molecule has 0 bridgehead atoms. The number of anilines is 1. The van der Waals surface area contributed by atoms with Crippen molar-refractivity contribution in [2.24, 2.45) is 0 Å². The lowest BCUT2D eigenvalue weighted by Gasteiger charge is -2.32. The van der Waals surface area contributed by atoms with E-state index in [0.29, 0.717) is 24.7 Å². The minimum Gasteiger partial charge on any atom is -0.377 e. The summed E-state index contributed by atoms with van der Waals surface area (Å²) in [5.41, 5.74) is 0.389. The summed E-state index contributed by atoms with van der Waals surface area (Å²) in [6.07, 6.45) is 5.27. The summed E-state index contributed by atoms with van der Waals surface area (Å²) in [5.74, 6) is 0.568. The lowest BCUT2D eigenvalue weighted by Crippen LogP contribution is -2.43. The molecule has 1 aliphatic heterocycles. The third-order valence-corrected chi connectivity index (χ3v) is 3.28. The van der Waals surface area contributed by atoms with Crippen LogP contribution in [-0.4, -0.2) is 53.1 Å². The van der Waals surface area contributed by atoms with Crippen molar-refractivity contribution >= 4 is 11.7 Å². The second-order valence-electron chi connectivity index (χ2n) is 4.79. The van der Waals surface area contributed by atoms with Crippen LogP contribution in [0, 0.1) is 0 Å². The fourth-order valence-corrected chi connectivity index (χ4v) is 2.39. The molecule has 1 aliphatic rings. The molecule has 1 saturated heterocycles. The smallest absolute Gasteiger partial charge is 0.274 e. The van der Waals surface area contributed by atoms with Crippen LogP contribution in [0.1, 0.15) is 37.2 Å². The first-order valence-electron chi connectivity index (χ1n) is 7.21. The molecule has 0 radical (unpaired) electrons. The molecule has 1 amide bonds. The number of carbonyl (C=O) groups excluding carboxylic acids is 1. The topological polar surface area (TPSA) is 67.4 Å². The number of piperidine rings is 1. The van der Waals surface area contributed by atoms with Gasteiger partial charge in [0.25, 0.3) is 5.91 Å². The molecule has 6 heteroatoms. The van der Waals surface area contributed by atoms with Crippen molar-refractivity contribution in [2.75, 3.05) is 31.6 Å². The number of carbonyl (C=O) groups is 1. The fraction of sp³-hybridized carbons (Fsp3) is 0.643. The Hall–Kier alpha value is -1.69. The molecule has 0 aliphatic carbocycles. The number of rotatable bonds is 5. The highest BCUT2D eigenvalue weighted by Crippen LogP contribution is 2.15. The van der Waals surface area contributed by atoms with Crippen molar-refractivity contribution in [1.29, 1.82) is 0 Å². The van der Waals surface area contributed by atoms with Crippen molar-refractivity contribution in [3.05, 3.63) is 18.1 Å². The molecule has 1 fully saturated rings. The highest BCUT2D eigenvalue weighted by atomic mass is 16.5. The second kappa shape index (κ2) is 7.19. The number of likely N-dealkylation sites (tertiary alicyclic amines) is 1. The first-order chi connectivity index (χ1) is 9.74. The van der Waals surface area contributed by atoms with Crippen molar-refractivity contribution < 1.29 is 9.53 Å². The number of hydrogen-bond donors (Lipinski definition) is 1. The van der Waals surface area contributed by atoms with Crippen molar-refractivity contribution in [2.45, 2.75) is 32.8 Å². The van der Waals surface area contributed by atoms with Crippen LogP contribution < -0.4 is 5.32 Å². The van der Waals surface area contributed by atoms with Gasteiger partial charge in [0.2, 0.25) is 0 Å². The molecule has 1 aromatic rings. The predicted molar refractivity (Wildman–Crippen MR) is 76.7 cm³/mol. The van der Waals surface area contributed by atoms with Gasteiger partial charge in [-0.2, -0.15) is 0 Å². The Morgan fingerprint density at radius 2 is 2.35 bits per heavy atom. The number of nitrogens with one attached hydrogen (secondary N) is 1. The molecule has 6 nitrogen and oxygen atoms in total. The molecule has 1 N–H and O–H groups in total. The number of aromatic nitrogens is 2. The van der Waals surface area contributed by atoms with Gasteiger partial charge < -0.3 is 15.0 Å². The summed E-state index contributed by atoms with van der Waals surface area (Å²) < 4.78 is 5.62. The van der Waals surface area contributed by atoms with E-state index in [2.05, 4.69) is 15.3 Å². The summed E-state index contributed by atoms with van der Waals surface area (Å²) in [4.78, 5) is 22.6. The average Bonchev–Trinajstić information content (AvgIpc) is 2.48. The molecule has 0 spiro atoms. The molecule has 2 rings (SSSR count). The van der Waals surface area contributed by atoms with E-state index >= 15 is 0 Å². The van der Waals surface area contributed by atoms with Crippen LogP contribution in [0.3, 0.4) is 0 Å². The molecule has 0 aromatic carbocycles. The van der Waals surface area contributed by atoms with Gasteiger partial charge >= 0.3 is 0 Å². The van der Waals surface area contributed by atoms with E-state index in [1.54, 1.807) is 6.20 Å². The zero-order valence-electron chi connectivity index (χ0n) is 12.1. The van der Waals surface area contributed by atoms with E-state index in [9.17, 15) is 4.79 Å². The molecular weight excluding hydrogens is 256 g/mol. The van der Waals surface area contributed by atoms with Crippen molar-refractivity contribution in [3.63, 3.8) is 0 Å². The highest BCUT2D eigenvalue weighted by Gasteiger charge is 2.25. The van der Waals surface area contributed by atoms with Gasteiger partial charge in [0.15, 0.2) is 0 Å². The van der Waals surface area contributed by atoms with Crippen LogP contribution >= 0.6 is 0 Å². The van der Waals surface area contributed by atoms with E-state index in [-0.39, 0.29) is 12.0 Å². The van der Waals surface area contributed by atoms with Crippen LogP contribution in [0.5, 0.6) is 0 Å². The Morgan fingerprint density at radius 3 is 3.10 bits per heavy atom. The number of ether oxygens (including phenoxy) is 1. The SMILES string of the molecule is CCNc1cncc(C(=O)N2CCCC(OCC)C2)n1. The van der Waals surface area contributed by atoms with Gasteiger partial charge in [0, 0.05) is 26.2 Å². The minimum absolute atomic E-state index is 0.0679. The summed E-state index contributed by atoms with van der Waals surface area (Å²) in [6, 6.07) is 0. The molecular formula is C14H22N4O2. The third kappa shape index (κ3) is 3.66. The monoisotopic (exact) mass is 278 g/mol. The Morgan fingerprint density at radius 1 is 1.50 bits per heavy atom. The highest BCUT2D eigenvalue weighted by molar-refractivity contribution is 5.92. The molecule has 1 unspecified atom stereocenters. The van der Waals surface area contributed by atoms with E-state index in [0.717, 1.165) is 25.9 Å². The zero-order valence-corrected chi connectivity index (χ0v) is 12.1. The maximum Gasteiger partial charge on any atom is 0.274 e. The average molecular weight is 278 g/mol. The number of nitrogens with zero attached hydrogens (tertiary/aromatic N) is 3. The standard InChI is InChI=1S/C14H22N4O2/c1-3-16-13-9-15-8-12(17-13)14(19)18-7-5-6-11(10-18)20-4-2/h8-9,11H,3-7,10H2,1-2H3,(H,16,17). The van der Waals surface area contributed by atoms with E-state index in [1.165, 1.54) is 6.20 Å². The van der Waals surface area contributed by atoms with Gasteiger partial charge in [-0.3, -0.25) is 9.78 Å². The quantitative estimate of drug-likeness (QED) is 0.885. The summed E-state index contributed by atoms with van der Waals surface area (Å²) >= 11 is 0. The number of amides is 1. The first-order valence-corrected chi connectivity index (χ1v) is 7.21. The molecule has 20 heavy (non-hydrogen) atoms. The van der Waals surface area contributed by atoms with Crippen molar-refractivity contribution in [3.8, 4) is 0 Å². The molecule has 110 valence electrons. The van der Waals surface area contributed by atoms with Gasteiger partial charge in [0.05, 0.1) is 18.5 Å². The third-order valence-electron chi connectivity index (χ3n) is 3.28. The largest absolute Gasteiger partial charge is 0.377 e. The second-order valence-corrected chi connectivity index (χ2v) is 4.79. The van der Waals surface area contributed by atoms with Crippen LogP contribution in [0.25, 0.3) is 0 Å².